The minimum atomic E-state index is 0.0749. The molecule has 1 heterocycles. The van der Waals surface area contributed by atoms with Gasteiger partial charge in [0.25, 0.3) is 0 Å². The zero-order chi connectivity index (χ0) is 21.1. The zero-order valence-corrected chi connectivity index (χ0v) is 18.2. The van der Waals surface area contributed by atoms with E-state index in [0.717, 1.165) is 27.3 Å². The number of halogens is 2. The van der Waals surface area contributed by atoms with E-state index in [1.807, 2.05) is 48.5 Å². The van der Waals surface area contributed by atoms with Crippen LogP contribution >= 0.6 is 34.5 Å². The van der Waals surface area contributed by atoms with E-state index >= 15 is 0 Å². The van der Waals surface area contributed by atoms with Crippen LogP contribution in [0.4, 0.5) is 5.13 Å². The van der Waals surface area contributed by atoms with Crippen LogP contribution < -0.4 is 4.74 Å². The highest BCUT2D eigenvalue weighted by molar-refractivity contribution is 7.19. The number of thiazole rings is 1. The Balaban J connectivity index is 1.80. The lowest BCUT2D eigenvalue weighted by atomic mass is 10.1. The predicted molar refractivity (Wildman–Crippen MR) is 125 cm³/mol. The van der Waals surface area contributed by atoms with Gasteiger partial charge in [0.2, 0.25) is 5.13 Å². The standard InChI is InChI=1S/C23H16Cl2N2O2S/c1-29-20-12-14(10-11-19(20)28)13-26-23-27-21(15-6-2-4-8-17(15)24)22(30-23)16-7-3-5-9-18(16)25/h2-13,28H,1H3. The van der Waals surface area contributed by atoms with Crippen molar-refractivity contribution in [2.75, 3.05) is 7.11 Å². The van der Waals surface area contributed by atoms with Crippen LogP contribution in [0.3, 0.4) is 0 Å². The molecule has 0 fully saturated rings. The third-order valence-corrected chi connectivity index (χ3v) is 6.05. The van der Waals surface area contributed by atoms with Crippen LogP contribution in [-0.2, 0) is 0 Å². The van der Waals surface area contributed by atoms with Crippen molar-refractivity contribution in [1.82, 2.24) is 4.98 Å². The molecule has 4 aromatic rings. The van der Waals surface area contributed by atoms with Crippen molar-refractivity contribution in [1.29, 1.82) is 0 Å². The number of aromatic nitrogens is 1. The number of methoxy groups -OCH3 is 1. The van der Waals surface area contributed by atoms with Crippen molar-refractivity contribution in [2.24, 2.45) is 4.99 Å². The molecule has 150 valence electrons. The second-order valence-electron chi connectivity index (χ2n) is 6.32. The van der Waals surface area contributed by atoms with Gasteiger partial charge in [0, 0.05) is 22.4 Å². The molecule has 0 atom stereocenters. The van der Waals surface area contributed by atoms with Crippen LogP contribution in [0.25, 0.3) is 21.7 Å². The number of rotatable bonds is 5. The normalized spacial score (nSPS) is 11.2. The number of nitrogens with zero attached hydrogens (tertiary/aromatic N) is 2. The van der Waals surface area contributed by atoms with Crippen LogP contribution in [0.15, 0.2) is 71.7 Å². The van der Waals surface area contributed by atoms with Gasteiger partial charge < -0.3 is 9.84 Å². The molecule has 0 saturated carbocycles. The van der Waals surface area contributed by atoms with E-state index in [4.69, 9.17) is 32.9 Å². The van der Waals surface area contributed by atoms with Gasteiger partial charge in [0.05, 0.1) is 22.7 Å². The van der Waals surface area contributed by atoms with Crippen molar-refractivity contribution in [3.63, 3.8) is 0 Å². The Morgan fingerprint density at radius 3 is 2.30 bits per heavy atom. The van der Waals surface area contributed by atoms with Crippen molar-refractivity contribution in [3.8, 4) is 33.2 Å². The number of phenolic OH excluding ortho intramolecular Hbond substituents is 1. The molecule has 0 radical (unpaired) electrons. The monoisotopic (exact) mass is 454 g/mol. The number of aromatic hydroxyl groups is 1. The van der Waals surface area contributed by atoms with E-state index in [1.54, 1.807) is 24.4 Å². The maximum Gasteiger partial charge on any atom is 0.210 e. The number of benzene rings is 3. The minimum absolute atomic E-state index is 0.0749. The summed E-state index contributed by atoms with van der Waals surface area (Å²) >= 11 is 14.3. The third kappa shape index (κ3) is 4.19. The lowest BCUT2D eigenvalue weighted by Gasteiger charge is -2.06. The van der Waals surface area contributed by atoms with Gasteiger partial charge in [-0.1, -0.05) is 70.9 Å². The van der Waals surface area contributed by atoms with Crippen molar-refractivity contribution in [2.45, 2.75) is 0 Å². The topological polar surface area (TPSA) is 54.7 Å². The molecule has 1 N–H and O–H groups in total. The zero-order valence-electron chi connectivity index (χ0n) is 15.8. The van der Waals surface area contributed by atoms with Crippen molar-refractivity contribution in [3.05, 3.63) is 82.3 Å². The number of ether oxygens (including phenoxy) is 1. The maximum absolute atomic E-state index is 9.76. The van der Waals surface area contributed by atoms with E-state index in [9.17, 15) is 5.11 Å². The summed E-state index contributed by atoms with van der Waals surface area (Å²) in [5.74, 6) is 0.456. The third-order valence-electron chi connectivity index (χ3n) is 4.39. The molecule has 3 aromatic carbocycles. The molecule has 0 amide bonds. The van der Waals surface area contributed by atoms with Gasteiger partial charge in [-0.15, -0.1) is 0 Å². The summed E-state index contributed by atoms with van der Waals surface area (Å²) in [7, 11) is 1.50. The lowest BCUT2D eigenvalue weighted by molar-refractivity contribution is 0.373. The summed E-state index contributed by atoms with van der Waals surface area (Å²) in [4.78, 5) is 10.2. The number of hydrogen-bond donors (Lipinski definition) is 1. The molecule has 30 heavy (non-hydrogen) atoms. The Hall–Kier alpha value is -2.86. The fraction of sp³-hybridized carbons (Fsp3) is 0.0435. The summed E-state index contributed by atoms with van der Waals surface area (Å²) < 4.78 is 5.15. The average Bonchev–Trinajstić information content (AvgIpc) is 3.17. The fourth-order valence-electron chi connectivity index (χ4n) is 2.93. The SMILES string of the molecule is COc1cc(C=Nc2nc(-c3ccccc3Cl)c(-c3ccccc3Cl)s2)ccc1O. The van der Waals surface area contributed by atoms with Gasteiger partial charge >= 0.3 is 0 Å². The molecular formula is C23H16Cl2N2O2S. The summed E-state index contributed by atoms with van der Waals surface area (Å²) in [6.45, 7) is 0. The van der Waals surface area contributed by atoms with E-state index in [0.29, 0.717) is 20.9 Å². The van der Waals surface area contributed by atoms with Gasteiger partial charge in [0.15, 0.2) is 11.5 Å². The molecule has 1 aromatic heterocycles. The molecule has 0 bridgehead atoms. The second kappa shape index (κ2) is 8.88. The largest absolute Gasteiger partial charge is 0.504 e. The Morgan fingerprint density at radius 2 is 1.63 bits per heavy atom. The van der Waals surface area contributed by atoms with Gasteiger partial charge in [0.1, 0.15) is 0 Å². The second-order valence-corrected chi connectivity index (χ2v) is 8.12. The number of aliphatic imine (C=N–C) groups is 1. The van der Waals surface area contributed by atoms with Crippen molar-refractivity contribution >= 4 is 45.9 Å². The first kappa shape index (κ1) is 20.4. The van der Waals surface area contributed by atoms with Crippen LogP contribution in [0.2, 0.25) is 10.0 Å². The molecule has 0 aliphatic carbocycles. The Bertz CT molecular complexity index is 1170. The van der Waals surface area contributed by atoms with Crippen molar-refractivity contribution < 1.29 is 9.84 Å². The molecule has 0 saturated heterocycles. The highest BCUT2D eigenvalue weighted by Crippen LogP contribution is 2.44. The van der Waals surface area contributed by atoms with E-state index < -0.39 is 0 Å². The molecule has 7 heteroatoms. The first-order valence-electron chi connectivity index (χ1n) is 8.98. The Labute approximate surface area is 188 Å². The van der Waals surface area contributed by atoms with Crippen LogP contribution in [0.5, 0.6) is 11.5 Å². The van der Waals surface area contributed by atoms with Crippen LogP contribution in [0.1, 0.15) is 5.56 Å². The lowest BCUT2D eigenvalue weighted by Crippen LogP contribution is -1.87. The highest BCUT2D eigenvalue weighted by atomic mass is 35.5. The number of phenols is 1. The molecule has 0 unspecified atom stereocenters. The molecule has 0 spiro atoms. The molecule has 4 rings (SSSR count). The summed E-state index contributed by atoms with van der Waals surface area (Å²) in [5.41, 5.74) is 3.20. The van der Waals surface area contributed by atoms with Gasteiger partial charge in [-0.05, 0) is 35.9 Å². The minimum Gasteiger partial charge on any atom is -0.504 e. The molecular weight excluding hydrogens is 439 g/mol. The number of hydrogen-bond acceptors (Lipinski definition) is 5. The van der Waals surface area contributed by atoms with Crippen LogP contribution in [0, 0.1) is 0 Å². The summed E-state index contributed by atoms with van der Waals surface area (Å²) in [6, 6.07) is 20.2. The molecule has 0 aliphatic rings. The van der Waals surface area contributed by atoms with Crippen LogP contribution in [-0.4, -0.2) is 23.4 Å². The summed E-state index contributed by atoms with van der Waals surface area (Å²) in [5, 5.41) is 11.6. The van der Waals surface area contributed by atoms with Gasteiger partial charge in [-0.3, -0.25) is 0 Å². The van der Waals surface area contributed by atoms with E-state index in [-0.39, 0.29) is 5.75 Å². The van der Waals surface area contributed by atoms with E-state index in [2.05, 4.69) is 4.99 Å². The van der Waals surface area contributed by atoms with E-state index in [1.165, 1.54) is 18.4 Å². The molecule has 0 aliphatic heterocycles. The molecule has 4 nitrogen and oxygen atoms in total. The first-order valence-corrected chi connectivity index (χ1v) is 10.6. The van der Waals surface area contributed by atoms with Gasteiger partial charge in [-0.2, -0.15) is 0 Å². The predicted octanol–water partition coefficient (Wildman–Crippen LogP) is 7.25. The Morgan fingerprint density at radius 1 is 0.967 bits per heavy atom. The summed E-state index contributed by atoms with van der Waals surface area (Å²) in [6.07, 6.45) is 1.67. The quantitative estimate of drug-likeness (QED) is 0.323. The Kier molecular flexibility index (Phi) is 6.04. The average molecular weight is 455 g/mol. The fourth-order valence-corrected chi connectivity index (χ4v) is 4.41. The maximum atomic E-state index is 9.76. The van der Waals surface area contributed by atoms with Gasteiger partial charge in [-0.25, -0.2) is 9.98 Å². The highest BCUT2D eigenvalue weighted by Gasteiger charge is 2.18. The smallest absolute Gasteiger partial charge is 0.210 e. The first-order chi connectivity index (χ1) is 14.6.